The van der Waals surface area contributed by atoms with Crippen molar-refractivity contribution in [3.63, 3.8) is 0 Å². The van der Waals surface area contributed by atoms with Crippen molar-refractivity contribution in [1.29, 1.82) is 0 Å². The summed E-state index contributed by atoms with van der Waals surface area (Å²) in [5, 5.41) is 6.20. The number of nitrogens with zero attached hydrogens (tertiary/aromatic N) is 4. The zero-order valence-corrected chi connectivity index (χ0v) is 16.2. The first-order chi connectivity index (χ1) is 13.3. The second kappa shape index (κ2) is 7.23. The monoisotopic (exact) mass is 455 g/mol. The lowest BCUT2D eigenvalue weighted by Gasteiger charge is -2.30. The van der Waals surface area contributed by atoms with Gasteiger partial charge in [-0.2, -0.15) is 18.3 Å². The van der Waals surface area contributed by atoms with E-state index in [4.69, 9.17) is 0 Å². The van der Waals surface area contributed by atoms with Crippen molar-refractivity contribution >= 4 is 21.6 Å². The van der Waals surface area contributed by atoms with Crippen LogP contribution in [-0.2, 0) is 19.5 Å². The van der Waals surface area contributed by atoms with Crippen LogP contribution in [0.25, 0.3) is 0 Å². The van der Waals surface area contributed by atoms with Crippen LogP contribution in [0.1, 0.15) is 11.4 Å². The molecule has 0 fully saturated rings. The molecule has 0 aromatic carbocycles. The highest BCUT2D eigenvalue weighted by molar-refractivity contribution is 9.10. The van der Waals surface area contributed by atoms with Crippen molar-refractivity contribution in [2.24, 2.45) is 11.8 Å². The summed E-state index contributed by atoms with van der Waals surface area (Å²) < 4.78 is 42.2. The van der Waals surface area contributed by atoms with E-state index in [0.29, 0.717) is 29.7 Å². The minimum Gasteiger partial charge on any atom is -0.363 e. The van der Waals surface area contributed by atoms with Crippen molar-refractivity contribution in [1.82, 2.24) is 19.7 Å². The summed E-state index contributed by atoms with van der Waals surface area (Å²) in [6.07, 6.45) is 5.46. The van der Waals surface area contributed by atoms with Gasteiger partial charge in [0.05, 0.1) is 36.4 Å². The smallest absolute Gasteiger partial charge is 0.363 e. The molecule has 4 rings (SSSR count). The van der Waals surface area contributed by atoms with Gasteiger partial charge < -0.3 is 9.47 Å². The number of fused-ring (bicyclic) bond motifs is 1. The summed E-state index contributed by atoms with van der Waals surface area (Å²) in [6.45, 7) is 1.31. The maximum Gasteiger partial charge on any atom is 0.395 e. The van der Waals surface area contributed by atoms with Crippen LogP contribution in [0.5, 0.6) is 0 Å². The predicted molar refractivity (Wildman–Crippen MR) is 101 cm³/mol. The number of alkyl halides is 3. The lowest BCUT2D eigenvalue weighted by Crippen LogP contribution is -2.34. The molecular weight excluding hydrogens is 439 g/mol. The molecule has 148 valence electrons. The summed E-state index contributed by atoms with van der Waals surface area (Å²) in [5.74, 6) is -2.15. The van der Waals surface area contributed by atoms with Crippen LogP contribution in [0.2, 0.25) is 0 Å². The standard InChI is InChI=1S/C18H17BrF3N5O/c19-16-15(7-24-25-17(16)28)26-6-5-14-13(9-26)23-10-27(14)8-11-3-1-2-4-12(11)18(20,21)22/h1-4,7,10-12H,5-6,8-9H2,(H,25,28). The Hall–Kier alpha value is -2.36. The maximum atomic E-state index is 13.3. The summed E-state index contributed by atoms with van der Waals surface area (Å²) in [4.78, 5) is 18.1. The molecule has 0 bridgehead atoms. The van der Waals surface area contributed by atoms with Crippen LogP contribution in [0.3, 0.4) is 0 Å². The average molecular weight is 456 g/mol. The van der Waals surface area contributed by atoms with Crippen LogP contribution in [0.15, 0.2) is 46.1 Å². The molecule has 6 nitrogen and oxygen atoms in total. The lowest BCUT2D eigenvalue weighted by atomic mass is 9.87. The molecule has 0 amide bonds. The van der Waals surface area contributed by atoms with E-state index in [1.165, 1.54) is 12.2 Å². The fraction of sp³-hybridized carbons (Fsp3) is 0.389. The largest absolute Gasteiger partial charge is 0.395 e. The van der Waals surface area contributed by atoms with E-state index in [0.717, 1.165) is 11.4 Å². The van der Waals surface area contributed by atoms with Crippen molar-refractivity contribution in [2.75, 3.05) is 11.4 Å². The van der Waals surface area contributed by atoms with E-state index in [1.54, 1.807) is 24.7 Å². The van der Waals surface area contributed by atoms with Gasteiger partial charge in [0, 0.05) is 31.1 Å². The molecule has 2 aliphatic rings. The van der Waals surface area contributed by atoms with Crippen LogP contribution in [-0.4, -0.2) is 32.5 Å². The van der Waals surface area contributed by atoms with E-state index >= 15 is 0 Å². The topological polar surface area (TPSA) is 66.8 Å². The quantitative estimate of drug-likeness (QED) is 0.771. The molecule has 0 radical (unpaired) electrons. The molecule has 2 atom stereocenters. The van der Waals surface area contributed by atoms with Crippen molar-refractivity contribution in [2.45, 2.75) is 25.7 Å². The molecule has 0 spiro atoms. The minimum atomic E-state index is -4.27. The Morgan fingerprint density at radius 1 is 1.29 bits per heavy atom. The summed E-state index contributed by atoms with van der Waals surface area (Å²) in [5.41, 5.74) is 2.09. The number of hydrogen-bond donors (Lipinski definition) is 1. The third-order valence-corrected chi connectivity index (χ3v) is 5.91. The van der Waals surface area contributed by atoms with Gasteiger partial charge in [-0.05, 0) is 15.9 Å². The fourth-order valence-corrected chi connectivity index (χ4v) is 4.18. The van der Waals surface area contributed by atoms with Gasteiger partial charge in [0.15, 0.2) is 0 Å². The number of aromatic amines is 1. The molecule has 2 aromatic rings. The Morgan fingerprint density at radius 2 is 2.07 bits per heavy atom. The van der Waals surface area contributed by atoms with Crippen LogP contribution in [0, 0.1) is 11.8 Å². The van der Waals surface area contributed by atoms with Crippen molar-refractivity contribution < 1.29 is 13.2 Å². The predicted octanol–water partition coefficient (Wildman–Crippen LogP) is 3.21. The number of anilines is 1. The van der Waals surface area contributed by atoms with Gasteiger partial charge in [0.1, 0.15) is 4.47 Å². The molecule has 1 N–H and O–H groups in total. The average Bonchev–Trinajstić information content (AvgIpc) is 3.06. The number of nitrogens with one attached hydrogen (secondary N) is 1. The van der Waals surface area contributed by atoms with Gasteiger partial charge in [0.25, 0.3) is 5.56 Å². The highest BCUT2D eigenvalue weighted by Crippen LogP contribution is 2.37. The zero-order valence-electron chi connectivity index (χ0n) is 14.7. The van der Waals surface area contributed by atoms with Gasteiger partial charge in [-0.15, -0.1) is 0 Å². The Labute approximate surface area is 166 Å². The highest BCUT2D eigenvalue weighted by Gasteiger charge is 2.43. The normalized spacial score (nSPS) is 21.8. The van der Waals surface area contributed by atoms with E-state index < -0.39 is 18.0 Å². The van der Waals surface area contributed by atoms with Crippen LogP contribution in [0.4, 0.5) is 18.9 Å². The molecule has 0 saturated carbocycles. The first-order valence-electron chi connectivity index (χ1n) is 8.77. The van der Waals surface area contributed by atoms with Gasteiger partial charge in [0.2, 0.25) is 0 Å². The number of rotatable bonds is 3. The van der Waals surface area contributed by atoms with Crippen molar-refractivity contribution in [3.8, 4) is 0 Å². The van der Waals surface area contributed by atoms with E-state index in [1.807, 2.05) is 9.47 Å². The molecule has 2 aromatic heterocycles. The summed E-state index contributed by atoms with van der Waals surface area (Å²) in [6, 6.07) is 0. The van der Waals surface area contributed by atoms with E-state index in [9.17, 15) is 18.0 Å². The van der Waals surface area contributed by atoms with Gasteiger partial charge in [-0.25, -0.2) is 10.1 Å². The Bertz CT molecular complexity index is 994. The molecule has 3 heterocycles. The lowest BCUT2D eigenvalue weighted by molar-refractivity contribution is -0.171. The molecule has 1 aliphatic heterocycles. The number of imidazole rings is 1. The molecule has 2 unspecified atom stereocenters. The number of hydrogen-bond acceptors (Lipinski definition) is 4. The molecule has 1 aliphatic carbocycles. The Kier molecular flexibility index (Phi) is 4.90. The molecule has 28 heavy (non-hydrogen) atoms. The van der Waals surface area contributed by atoms with Gasteiger partial charge in [-0.1, -0.05) is 24.3 Å². The molecule has 0 saturated heterocycles. The van der Waals surface area contributed by atoms with Gasteiger partial charge in [-0.3, -0.25) is 4.79 Å². The maximum absolute atomic E-state index is 13.3. The Balaban J connectivity index is 1.54. The third kappa shape index (κ3) is 3.52. The van der Waals surface area contributed by atoms with Crippen LogP contribution >= 0.6 is 15.9 Å². The second-order valence-electron chi connectivity index (χ2n) is 6.86. The minimum absolute atomic E-state index is 0.226. The number of aromatic nitrogens is 4. The van der Waals surface area contributed by atoms with E-state index in [2.05, 4.69) is 31.1 Å². The van der Waals surface area contributed by atoms with Crippen LogP contribution < -0.4 is 10.5 Å². The Morgan fingerprint density at radius 3 is 2.86 bits per heavy atom. The first kappa shape index (κ1) is 19.0. The number of allylic oxidation sites excluding steroid dienone is 4. The summed E-state index contributed by atoms with van der Waals surface area (Å²) in [7, 11) is 0. The SMILES string of the molecule is O=c1[nH]ncc(N2CCc3c(ncn3CC3C=CC=CC3C(F)(F)F)C2)c1Br. The van der Waals surface area contributed by atoms with Crippen molar-refractivity contribution in [3.05, 3.63) is 63.0 Å². The van der Waals surface area contributed by atoms with Gasteiger partial charge >= 0.3 is 6.18 Å². The number of H-pyrrole nitrogens is 1. The molecule has 10 heteroatoms. The second-order valence-corrected chi connectivity index (χ2v) is 7.65. The third-order valence-electron chi connectivity index (χ3n) is 5.14. The summed E-state index contributed by atoms with van der Waals surface area (Å²) >= 11 is 3.28. The fourth-order valence-electron chi connectivity index (χ4n) is 3.73. The molecular formula is C18H17BrF3N5O. The van der Waals surface area contributed by atoms with E-state index in [-0.39, 0.29) is 12.1 Å². The number of halogens is 4. The highest BCUT2D eigenvalue weighted by atomic mass is 79.9. The first-order valence-corrected chi connectivity index (χ1v) is 9.56. The zero-order chi connectivity index (χ0) is 19.9.